The highest BCUT2D eigenvalue weighted by atomic mass is 35.5. The molecule has 0 aliphatic rings. The van der Waals surface area contributed by atoms with Crippen LogP contribution in [0.25, 0.3) is 0 Å². The molecular formula is C30H49ClO4. The van der Waals surface area contributed by atoms with Gasteiger partial charge in [-0.2, -0.15) is 0 Å². The Labute approximate surface area is 219 Å². The number of carbonyl (C=O) groups is 2. The predicted molar refractivity (Wildman–Crippen MR) is 146 cm³/mol. The van der Waals surface area contributed by atoms with E-state index in [1.54, 1.807) is 18.2 Å². The van der Waals surface area contributed by atoms with Gasteiger partial charge in [-0.05, 0) is 49.9 Å². The fraction of sp³-hybridized carbons (Fsp3) is 0.733. The molecule has 1 aromatic carbocycles. The summed E-state index contributed by atoms with van der Waals surface area (Å²) in [6.45, 7) is 8.11. The van der Waals surface area contributed by atoms with Gasteiger partial charge in [0.15, 0.2) is 5.41 Å². The van der Waals surface area contributed by atoms with Crippen LogP contribution in [-0.2, 0) is 14.3 Å². The van der Waals surface area contributed by atoms with Crippen LogP contribution < -0.4 is 4.74 Å². The lowest BCUT2D eigenvalue weighted by Gasteiger charge is -2.26. The molecule has 0 radical (unpaired) electrons. The Morgan fingerprint density at radius 3 is 1.69 bits per heavy atom. The number of unbranched alkanes of at least 4 members (excludes halogenated alkanes) is 13. The van der Waals surface area contributed by atoms with Crippen molar-refractivity contribution in [3.63, 3.8) is 0 Å². The Kier molecular flexibility index (Phi) is 16.8. The number of esters is 2. The summed E-state index contributed by atoms with van der Waals surface area (Å²) >= 11 is 6.05. The molecule has 0 aliphatic carbocycles. The van der Waals surface area contributed by atoms with Crippen molar-refractivity contribution >= 4 is 23.5 Å². The maximum Gasteiger partial charge on any atom is 0.328 e. The van der Waals surface area contributed by atoms with Gasteiger partial charge in [-0.1, -0.05) is 116 Å². The molecule has 0 bridgehead atoms. The van der Waals surface area contributed by atoms with Gasteiger partial charge in [0.25, 0.3) is 0 Å². The van der Waals surface area contributed by atoms with E-state index >= 15 is 0 Å². The lowest BCUT2D eigenvalue weighted by atomic mass is 9.82. The van der Waals surface area contributed by atoms with Gasteiger partial charge in [-0.3, -0.25) is 9.59 Å². The fourth-order valence-electron chi connectivity index (χ4n) is 4.40. The maximum atomic E-state index is 12.9. The molecule has 4 nitrogen and oxygen atoms in total. The molecule has 0 heterocycles. The van der Waals surface area contributed by atoms with E-state index in [0.29, 0.717) is 30.2 Å². The van der Waals surface area contributed by atoms with Crippen molar-refractivity contribution in [2.75, 3.05) is 6.61 Å². The first-order valence-corrected chi connectivity index (χ1v) is 14.4. The minimum absolute atomic E-state index is 0.340. The standard InChI is InChI=1S/C30H49ClO4/c1-5-8-9-10-11-12-13-14-15-16-17-18-19-20-23-34-28(32)30(6-2,7-3)29(33)35-26-21-22-27(31)25(4)24-26/h21-22,24H,5-20,23H2,1-4H3. The van der Waals surface area contributed by atoms with Crippen LogP contribution in [0.15, 0.2) is 18.2 Å². The molecular weight excluding hydrogens is 460 g/mol. The highest BCUT2D eigenvalue weighted by Crippen LogP contribution is 2.32. The average molecular weight is 509 g/mol. The molecule has 1 aromatic rings. The molecule has 200 valence electrons. The summed E-state index contributed by atoms with van der Waals surface area (Å²) < 4.78 is 11.1. The predicted octanol–water partition coefficient (Wildman–Crippen LogP) is 9.38. The maximum absolute atomic E-state index is 12.9. The van der Waals surface area contributed by atoms with Crippen LogP contribution in [0.1, 0.15) is 129 Å². The van der Waals surface area contributed by atoms with E-state index in [9.17, 15) is 9.59 Å². The number of ether oxygens (including phenoxy) is 2. The van der Waals surface area contributed by atoms with Crippen LogP contribution in [0.2, 0.25) is 5.02 Å². The first-order valence-electron chi connectivity index (χ1n) is 14.1. The lowest BCUT2D eigenvalue weighted by molar-refractivity contribution is -0.168. The smallest absolute Gasteiger partial charge is 0.328 e. The van der Waals surface area contributed by atoms with Crippen molar-refractivity contribution < 1.29 is 19.1 Å². The Balaban J connectivity index is 2.22. The van der Waals surface area contributed by atoms with E-state index in [1.165, 1.54) is 77.0 Å². The van der Waals surface area contributed by atoms with Gasteiger partial charge in [0.1, 0.15) is 5.75 Å². The summed E-state index contributed by atoms with van der Waals surface area (Å²) in [6, 6.07) is 5.03. The molecule has 0 fully saturated rings. The highest BCUT2D eigenvalue weighted by molar-refractivity contribution is 6.31. The second-order valence-corrected chi connectivity index (χ2v) is 10.2. The van der Waals surface area contributed by atoms with E-state index in [4.69, 9.17) is 21.1 Å². The second kappa shape index (κ2) is 18.7. The topological polar surface area (TPSA) is 52.6 Å². The SMILES string of the molecule is CCCCCCCCCCCCCCCCOC(=O)C(CC)(CC)C(=O)Oc1ccc(Cl)c(C)c1. The molecule has 0 N–H and O–H groups in total. The van der Waals surface area contributed by atoms with Crippen molar-refractivity contribution in [3.8, 4) is 5.75 Å². The molecule has 1 rings (SSSR count). The number of halogens is 1. The van der Waals surface area contributed by atoms with E-state index in [0.717, 1.165) is 18.4 Å². The monoisotopic (exact) mass is 508 g/mol. The molecule has 0 amide bonds. The van der Waals surface area contributed by atoms with Crippen molar-refractivity contribution in [2.45, 2.75) is 130 Å². The molecule has 0 aromatic heterocycles. The zero-order chi connectivity index (χ0) is 25.9. The van der Waals surface area contributed by atoms with Crippen LogP contribution in [0.5, 0.6) is 5.75 Å². The van der Waals surface area contributed by atoms with Gasteiger partial charge in [0, 0.05) is 5.02 Å². The minimum Gasteiger partial charge on any atom is -0.465 e. The molecule has 0 saturated carbocycles. The Bertz CT molecular complexity index is 727. The first-order chi connectivity index (χ1) is 16.9. The normalized spacial score (nSPS) is 11.5. The number of benzene rings is 1. The second-order valence-electron chi connectivity index (χ2n) is 9.82. The largest absolute Gasteiger partial charge is 0.465 e. The Hall–Kier alpha value is -1.55. The fourth-order valence-corrected chi connectivity index (χ4v) is 4.51. The van der Waals surface area contributed by atoms with Gasteiger partial charge >= 0.3 is 11.9 Å². The summed E-state index contributed by atoms with van der Waals surface area (Å²) in [7, 11) is 0. The quantitative estimate of drug-likeness (QED) is 0.0761. The van der Waals surface area contributed by atoms with Gasteiger partial charge in [0.2, 0.25) is 0 Å². The van der Waals surface area contributed by atoms with E-state index in [2.05, 4.69) is 6.92 Å². The highest BCUT2D eigenvalue weighted by Gasteiger charge is 2.46. The van der Waals surface area contributed by atoms with Crippen LogP contribution in [0.3, 0.4) is 0 Å². The summed E-state index contributed by atoms with van der Waals surface area (Å²) in [5, 5.41) is 0.606. The third-order valence-corrected chi connectivity index (χ3v) is 7.48. The average Bonchev–Trinajstić information content (AvgIpc) is 2.85. The van der Waals surface area contributed by atoms with Gasteiger partial charge in [0.05, 0.1) is 6.61 Å². The van der Waals surface area contributed by atoms with Gasteiger partial charge < -0.3 is 9.47 Å². The van der Waals surface area contributed by atoms with Crippen LogP contribution in [0, 0.1) is 12.3 Å². The van der Waals surface area contributed by atoms with Crippen LogP contribution in [0.4, 0.5) is 0 Å². The van der Waals surface area contributed by atoms with Crippen molar-refractivity contribution in [2.24, 2.45) is 5.41 Å². The third kappa shape index (κ3) is 11.8. The van der Waals surface area contributed by atoms with E-state index in [1.807, 2.05) is 20.8 Å². The molecule has 0 atom stereocenters. The van der Waals surface area contributed by atoms with E-state index in [-0.39, 0.29) is 0 Å². The van der Waals surface area contributed by atoms with Crippen LogP contribution >= 0.6 is 11.6 Å². The minimum atomic E-state index is -1.27. The zero-order valence-corrected chi connectivity index (χ0v) is 23.5. The first kappa shape index (κ1) is 31.5. The molecule has 0 unspecified atom stereocenters. The summed E-state index contributed by atoms with van der Waals surface area (Å²) in [6.07, 6.45) is 18.6. The molecule has 0 saturated heterocycles. The van der Waals surface area contributed by atoms with Crippen LogP contribution in [-0.4, -0.2) is 18.5 Å². The van der Waals surface area contributed by atoms with Gasteiger partial charge in [-0.25, -0.2) is 0 Å². The summed E-state index contributed by atoms with van der Waals surface area (Å²) in [4.78, 5) is 25.8. The number of carbonyl (C=O) groups excluding carboxylic acids is 2. The summed E-state index contributed by atoms with van der Waals surface area (Å²) in [5.74, 6) is -0.647. The molecule has 0 aliphatic heterocycles. The molecule has 35 heavy (non-hydrogen) atoms. The van der Waals surface area contributed by atoms with E-state index < -0.39 is 17.4 Å². The number of hydrogen-bond donors (Lipinski definition) is 0. The Morgan fingerprint density at radius 1 is 0.743 bits per heavy atom. The lowest BCUT2D eigenvalue weighted by Crippen LogP contribution is -2.42. The molecule has 5 heteroatoms. The zero-order valence-electron chi connectivity index (χ0n) is 22.8. The van der Waals surface area contributed by atoms with Crippen molar-refractivity contribution in [1.82, 2.24) is 0 Å². The number of aryl methyl sites for hydroxylation is 1. The summed E-state index contributed by atoms with van der Waals surface area (Å²) in [5.41, 5.74) is -0.459. The third-order valence-electron chi connectivity index (χ3n) is 7.06. The number of rotatable bonds is 20. The van der Waals surface area contributed by atoms with Crippen molar-refractivity contribution in [3.05, 3.63) is 28.8 Å². The van der Waals surface area contributed by atoms with Gasteiger partial charge in [-0.15, -0.1) is 0 Å². The van der Waals surface area contributed by atoms with Crippen molar-refractivity contribution in [1.29, 1.82) is 0 Å². The Morgan fingerprint density at radius 2 is 1.23 bits per heavy atom. The number of hydrogen-bond acceptors (Lipinski definition) is 4. The molecule has 0 spiro atoms.